The number of carbonyl (C=O) groups excluding carboxylic acids is 1. The van der Waals surface area contributed by atoms with Crippen molar-refractivity contribution in [2.45, 2.75) is 31.7 Å². The van der Waals surface area contributed by atoms with Crippen LogP contribution in [0.2, 0.25) is 0 Å². The van der Waals surface area contributed by atoms with E-state index in [9.17, 15) is 13.2 Å². The van der Waals surface area contributed by atoms with Crippen molar-refractivity contribution >= 4 is 15.9 Å². The zero-order valence-corrected chi connectivity index (χ0v) is 12.4. The van der Waals surface area contributed by atoms with Crippen LogP contribution in [-0.2, 0) is 21.2 Å². The highest BCUT2D eigenvalue weighted by Crippen LogP contribution is 2.13. The van der Waals surface area contributed by atoms with Gasteiger partial charge in [-0.2, -0.15) is 0 Å². The van der Waals surface area contributed by atoms with Crippen molar-refractivity contribution in [3.05, 3.63) is 24.2 Å². The molecule has 0 aliphatic carbocycles. The van der Waals surface area contributed by atoms with Crippen molar-refractivity contribution in [2.24, 2.45) is 0 Å². The lowest BCUT2D eigenvalue weighted by molar-refractivity contribution is -0.132. The number of nitrogens with zero attached hydrogens (tertiary/aromatic N) is 1. The lowest BCUT2D eigenvalue weighted by Crippen LogP contribution is -2.49. The molecule has 1 aliphatic rings. The third kappa shape index (κ3) is 4.64. The lowest BCUT2D eigenvalue weighted by atomic mass is 10.1. The van der Waals surface area contributed by atoms with Crippen molar-refractivity contribution in [3.63, 3.8) is 0 Å². The Bertz CT molecular complexity index is 539. The molecule has 0 spiro atoms. The van der Waals surface area contributed by atoms with Gasteiger partial charge in [0.25, 0.3) is 0 Å². The maximum Gasteiger partial charge on any atom is 0.223 e. The normalized spacial score (nSPS) is 20.1. The van der Waals surface area contributed by atoms with Crippen LogP contribution in [0.5, 0.6) is 0 Å². The molecule has 112 valence electrons. The van der Waals surface area contributed by atoms with Crippen molar-refractivity contribution in [1.29, 1.82) is 0 Å². The van der Waals surface area contributed by atoms with E-state index in [0.29, 0.717) is 25.9 Å². The number of nitrogens with one attached hydrogen (secondary N) is 1. The third-order valence-electron chi connectivity index (χ3n) is 3.32. The zero-order chi connectivity index (χ0) is 14.6. The number of hydrogen-bond acceptors (Lipinski definition) is 4. The molecule has 1 aliphatic heterocycles. The minimum atomic E-state index is -3.22. The molecule has 6 nitrogen and oxygen atoms in total. The number of aryl methyl sites for hydroxylation is 1. The number of carbonyl (C=O) groups is 1. The number of likely N-dealkylation sites (tertiary alicyclic amines) is 1. The molecule has 1 aromatic rings. The highest BCUT2D eigenvalue weighted by atomic mass is 32.2. The molecule has 1 saturated heterocycles. The van der Waals surface area contributed by atoms with Crippen molar-refractivity contribution in [2.75, 3.05) is 19.3 Å². The van der Waals surface area contributed by atoms with Crippen LogP contribution >= 0.6 is 0 Å². The molecule has 2 rings (SSSR count). The largest absolute Gasteiger partial charge is 0.469 e. The maximum absolute atomic E-state index is 12.1. The average Bonchev–Trinajstić information content (AvgIpc) is 2.87. The van der Waals surface area contributed by atoms with E-state index in [1.807, 2.05) is 6.07 Å². The first-order valence-electron chi connectivity index (χ1n) is 6.71. The van der Waals surface area contributed by atoms with Gasteiger partial charge in [0.2, 0.25) is 15.9 Å². The van der Waals surface area contributed by atoms with Gasteiger partial charge in [-0.25, -0.2) is 13.1 Å². The van der Waals surface area contributed by atoms with Crippen molar-refractivity contribution in [1.82, 2.24) is 9.62 Å². The van der Waals surface area contributed by atoms with E-state index in [4.69, 9.17) is 4.42 Å². The predicted octanol–water partition coefficient (Wildman–Crippen LogP) is 0.752. The Morgan fingerprint density at radius 3 is 3.00 bits per heavy atom. The SMILES string of the molecule is CS(=O)(=O)NC1CCCN(C(=O)CCc2ccco2)C1. The van der Waals surface area contributed by atoms with Gasteiger partial charge in [-0.3, -0.25) is 4.79 Å². The summed E-state index contributed by atoms with van der Waals surface area (Å²) < 4.78 is 30.2. The summed E-state index contributed by atoms with van der Waals surface area (Å²) in [5, 5.41) is 0. The minimum Gasteiger partial charge on any atom is -0.469 e. The smallest absolute Gasteiger partial charge is 0.223 e. The average molecular weight is 300 g/mol. The number of amides is 1. The summed E-state index contributed by atoms with van der Waals surface area (Å²) in [5.74, 6) is 0.836. The van der Waals surface area contributed by atoms with Gasteiger partial charge in [0.05, 0.1) is 12.5 Å². The molecule has 1 atom stereocenters. The topological polar surface area (TPSA) is 79.6 Å². The molecule has 0 bridgehead atoms. The van der Waals surface area contributed by atoms with Gasteiger partial charge < -0.3 is 9.32 Å². The van der Waals surface area contributed by atoms with E-state index in [1.165, 1.54) is 0 Å². The molecule has 0 saturated carbocycles. The van der Waals surface area contributed by atoms with E-state index >= 15 is 0 Å². The third-order valence-corrected chi connectivity index (χ3v) is 4.08. The minimum absolute atomic E-state index is 0.0430. The standard InChI is InChI=1S/C13H20N2O4S/c1-20(17,18)14-11-4-2-8-15(10-11)13(16)7-6-12-5-3-9-19-12/h3,5,9,11,14H,2,4,6-8,10H2,1H3. The number of sulfonamides is 1. The van der Waals surface area contributed by atoms with Crippen LogP contribution in [0.4, 0.5) is 0 Å². The molecule has 1 fully saturated rings. The molecule has 2 heterocycles. The Hall–Kier alpha value is -1.34. The highest BCUT2D eigenvalue weighted by Gasteiger charge is 2.25. The molecule has 7 heteroatoms. The molecular formula is C13H20N2O4S. The first-order chi connectivity index (χ1) is 9.44. The number of piperidine rings is 1. The van der Waals surface area contributed by atoms with E-state index in [-0.39, 0.29) is 11.9 Å². The zero-order valence-electron chi connectivity index (χ0n) is 11.5. The summed E-state index contributed by atoms with van der Waals surface area (Å²) in [6.45, 7) is 1.14. The molecule has 0 radical (unpaired) electrons. The maximum atomic E-state index is 12.1. The lowest BCUT2D eigenvalue weighted by Gasteiger charge is -2.32. The van der Waals surface area contributed by atoms with Gasteiger partial charge in [0, 0.05) is 32.0 Å². The second-order valence-electron chi connectivity index (χ2n) is 5.15. The summed E-state index contributed by atoms with van der Waals surface area (Å²) >= 11 is 0. The van der Waals surface area contributed by atoms with E-state index in [0.717, 1.165) is 24.9 Å². The molecule has 1 unspecified atom stereocenters. The first-order valence-corrected chi connectivity index (χ1v) is 8.60. The van der Waals surface area contributed by atoms with Crippen LogP contribution in [0.25, 0.3) is 0 Å². The van der Waals surface area contributed by atoms with Gasteiger partial charge in [0.1, 0.15) is 5.76 Å². The Kier molecular flexibility index (Phi) is 4.82. The molecule has 1 N–H and O–H groups in total. The Morgan fingerprint density at radius 1 is 1.55 bits per heavy atom. The first kappa shape index (κ1) is 15.1. The van der Waals surface area contributed by atoms with Gasteiger partial charge in [-0.15, -0.1) is 0 Å². The Balaban J connectivity index is 1.83. The van der Waals surface area contributed by atoms with Crippen LogP contribution in [-0.4, -0.2) is 44.6 Å². The van der Waals surface area contributed by atoms with Crippen molar-refractivity contribution in [3.8, 4) is 0 Å². The number of hydrogen-bond donors (Lipinski definition) is 1. The summed E-state index contributed by atoms with van der Waals surface area (Å²) in [4.78, 5) is 13.8. The Morgan fingerprint density at radius 2 is 2.35 bits per heavy atom. The van der Waals surface area contributed by atoms with E-state index < -0.39 is 10.0 Å². The number of rotatable bonds is 5. The van der Waals surface area contributed by atoms with Crippen molar-refractivity contribution < 1.29 is 17.6 Å². The highest BCUT2D eigenvalue weighted by molar-refractivity contribution is 7.88. The van der Waals surface area contributed by atoms with Crippen LogP contribution in [0.1, 0.15) is 25.0 Å². The predicted molar refractivity (Wildman–Crippen MR) is 74.6 cm³/mol. The van der Waals surface area contributed by atoms with Gasteiger partial charge in [-0.1, -0.05) is 0 Å². The molecular weight excluding hydrogens is 280 g/mol. The van der Waals surface area contributed by atoms with Crippen LogP contribution in [0, 0.1) is 0 Å². The second-order valence-corrected chi connectivity index (χ2v) is 6.93. The van der Waals surface area contributed by atoms with Crippen LogP contribution in [0.15, 0.2) is 22.8 Å². The quantitative estimate of drug-likeness (QED) is 0.870. The second kappa shape index (κ2) is 6.41. The molecule has 20 heavy (non-hydrogen) atoms. The molecule has 0 aromatic carbocycles. The fraction of sp³-hybridized carbons (Fsp3) is 0.615. The number of furan rings is 1. The van der Waals surface area contributed by atoms with Gasteiger partial charge in [0.15, 0.2) is 0 Å². The van der Waals surface area contributed by atoms with Crippen LogP contribution in [0.3, 0.4) is 0 Å². The monoisotopic (exact) mass is 300 g/mol. The van der Waals surface area contributed by atoms with Gasteiger partial charge in [-0.05, 0) is 25.0 Å². The van der Waals surface area contributed by atoms with E-state index in [2.05, 4.69) is 4.72 Å². The molecule has 1 amide bonds. The van der Waals surface area contributed by atoms with Gasteiger partial charge >= 0.3 is 0 Å². The Labute approximate surface area is 119 Å². The summed E-state index contributed by atoms with van der Waals surface area (Å²) in [6, 6.07) is 3.47. The van der Waals surface area contributed by atoms with Crippen LogP contribution < -0.4 is 4.72 Å². The summed E-state index contributed by atoms with van der Waals surface area (Å²) in [7, 11) is -3.22. The fourth-order valence-electron chi connectivity index (χ4n) is 2.45. The van der Waals surface area contributed by atoms with E-state index in [1.54, 1.807) is 17.2 Å². The summed E-state index contributed by atoms with van der Waals surface area (Å²) in [6.07, 6.45) is 5.29. The fourth-order valence-corrected chi connectivity index (χ4v) is 3.24. The molecule has 1 aromatic heterocycles. The summed E-state index contributed by atoms with van der Waals surface area (Å²) in [5.41, 5.74) is 0.